The molecule has 5 nitrogen and oxygen atoms in total. The van der Waals surface area contributed by atoms with E-state index >= 15 is 0 Å². The first-order valence-corrected chi connectivity index (χ1v) is 8.93. The van der Waals surface area contributed by atoms with Gasteiger partial charge >= 0.3 is 0 Å². The van der Waals surface area contributed by atoms with Gasteiger partial charge in [-0.15, -0.1) is 0 Å². The SMILES string of the molecule is CCOCCOc1cc(C)ccc1CNC(=O)C1CCCC(N)C1. The summed E-state index contributed by atoms with van der Waals surface area (Å²) in [5.41, 5.74) is 8.10. The molecule has 1 amide bonds. The Morgan fingerprint density at radius 2 is 2.17 bits per heavy atom. The molecule has 2 unspecified atom stereocenters. The summed E-state index contributed by atoms with van der Waals surface area (Å²) in [5, 5.41) is 3.04. The molecule has 1 aromatic rings. The molecule has 0 radical (unpaired) electrons. The van der Waals surface area contributed by atoms with Crippen molar-refractivity contribution in [3.8, 4) is 5.75 Å². The van der Waals surface area contributed by atoms with Crippen molar-refractivity contribution < 1.29 is 14.3 Å². The number of nitrogens with one attached hydrogen (secondary N) is 1. The first-order valence-electron chi connectivity index (χ1n) is 8.93. The number of ether oxygens (including phenoxy) is 2. The number of carbonyl (C=O) groups excluding carboxylic acids is 1. The number of amides is 1. The summed E-state index contributed by atoms with van der Waals surface area (Å²) in [6.07, 6.45) is 3.79. The van der Waals surface area contributed by atoms with Gasteiger partial charge in [0.05, 0.1) is 6.61 Å². The van der Waals surface area contributed by atoms with Crippen molar-refractivity contribution in [1.82, 2.24) is 5.32 Å². The van der Waals surface area contributed by atoms with E-state index in [4.69, 9.17) is 15.2 Å². The van der Waals surface area contributed by atoms with Gasteiger partial charge in [-0.05, 0) is 44.7 Å². The molecule has 0 heterocycles. The molecule has 3 N–H and O–H groups in total. The lowest BCUT2D eigenvalue weighted by molar-refractivity contribution is -0.126. The molecule has 134 valence electrons. The maximum atomic E-state index is 12.4. The molecule has 0 aromatic heterocycles. The zero-order valence-electron chi connectivity index (χ0n) is 14.8. The van der Waals surface area contributed by atoms with Crippen LogP contribution >= 0.6 is 0 Å². The van der Waals surface area contributed by atoms with E-state index in [9.17, 15) is 4.79 Å². The fraction of sp³-hybridized carbons (Fsp3) is 0.632. The van der Waals surface area contributed by atoms with Gasteiger partial charge in [-0.1, -0.05) is 18.6 Å². The normalized spacial score (nSPS) is 20.6. The second-order valence-corrected chi connectivity index (χ2v) is 6.50. The number of hydrogen-bond acceptors (Lipinski definition) is 4. The highest BCUT2D eigenvalue weighted by Gasteiger charge is 2.25. The molecule has 0 bridgehead atoms. The van der Waals surface area contributed by atoms with Gasteiger partial charge in [-0.2, -0.15) is 0 Å². The molecule has 0 aliphatic heterocycles. The largest absolute Gasteiger partial charge is 0.491 e. The zero-order valence-corrected chi connectivity index (χ0v) is 14.8. The smallest absolute Gasteiger partial charge is 0.223 e. The van der Waals surface area contributed by atoms with Crippen LogP contribution in [-0.4, -0.2) is 31.8 Å². The summed E-state index contributed by atoms with van der Waals surface area (Å²) in [6.45, 7) is 6.23. The second-order valence-electron chi connectivity index (χ2n) is 6.50. The van der Waals surface area contributed by atoms with E-state index in [1.165, 1.54) is 0 Å². The van der Waals surface area contributed by atoms with Crippen molar-refractivity contribution in [3.05, 3.63) is 29.3 Å². The number of hydrogen-bond donors (Lipinski definition) is 2. The number of benzene rings is 1. The predicted octanol–water partition coefficient (Wildman–Crippen LogP) is 2.54. The van der Waals surface area contributed by atoms with Gasteiger partial charge in [0, 0.05) is 30.7 Å². The van der Waals surface area contributed by atoms with E-state index in [2.05, 4.69) is 5.32 Å². The zero-order chi connectivity index (χ0) is 17.4. The Hall–Kier alpha value is -1.59. The van der Waals surface area contributed by atoms with Gasteiger partial charge in [0.2, 0.25) is 5.91 Å². The van der Waals surface area contributed by atoms with Crippen molar-refractivity contribution in [2.75, 3.05) is 19.8 Å². The topological polar surface area (TPSA) is 73.6 Å². The molecule has 0 saturated heterocycles. The summed E-state index contributed by atoms with van der Waals surface area (Å²) >= 11 is 0. The summed E-state index contributed by atoms with van der Waals surface area (Å²) in [6, 6.07) is 6.21. The first-order chi connectivity index (χ1) is 11.6. The fourth-order valence-corrected chi connectivity index (χ4v) is 3.09. The predicted molar refractivity (Wildman–Crippen MR) is 94.9 cm³/mol. The third-order valence-corrected chi connectivity index (χ3v) is 4.45. The third-order valence-electron chi connectivity index (χ3n) is 4.45. The lowest BCUT2D eigenvalue weighted by Crippen LogP contribution is -2.37. The quantitative estimate of drug-likeness (QED) is 0.717. The van der Waals surface area contributed by atoms with Gasteiger partial charge in [0.25, 0.3) is 0 Å². The first kappa shape index (κ1) is 18.7. The van der Waals surface area contributed by atoms with Gasteiger partial charge < -0.3 is 20.5 Å². The van der Waals surface area contributed by atoms with Gasteiger partial charge in [0.15, 0.2) is 0 Å². The Kier molecular flexibility index (Phi) is 7.53. The molecular formula is C19H30N2O3. The Morgan fingerprint density at radius 1 is 1.33 bits per heavy atom. The monoisotopic (exact) mass is 334 g/mol. The summed E-state index contributed by atoms with van der Waals surface area (Å²) < 4.78 is 11.1. The lowest BCUT2D eigenvalue weighted by atomic mass is 9.85. The number of nitrogens with two attached hydrogens (primary N) is 1. The molecule has 0 spiro atoms. The van der Waals surface area contributed by atoms with Crippen LogP contribution in [0, 0.1) is 12.8 Å². The molecule has 24 heavy (non-hydrogen) atoms. The Morgan fingerprint density at radius 3 is 2.92 bits per heavy atom. The highest BCUT2D eigenvalue weighted by Crippen LogP contribution is 2.24. The van der Waals surface area contributed by atoms with Crippen molar-refractivity contribution >= 4 is 5.91 Å². The highest BCUT2D eigenvalue weighted by atomic mass is 16.5. The van der Waals surface area contributed by atoms with Crippen LogP contribution in [0.3, 0.4) is 0 Å². The van der Waals surface area contributed by atoms with E-state index in [1.54, 1.807) is 0 Å². The molecule has 2 rings (SSSR count). The van der Waals surface area contributed by atoms with Gasteiger partial charge in [-0.3, -0.25) is 4.79 Å². The maximum absolute atomic E-state index is 12.4. The molecule has 1 saturated carbocycles. The third kappa shape index (κ3) is 5.80. The fourth-order valence-electron chi connectivity index (χ4n) is 3.09. The van der Waals surface area contributed by atoms with Gasteiger partial charge in [0.1, 0.15) is 12.4 Å². The van der Waals surface area contributed by atoms with Crippen LogP contribution in [0.15, 0.2) is 18.2 Å². The number of aryl methyl sites for hydroxylation is 1. The van der Waals surface area contributed by atoms with E-state index < -0.39 is 0 Å². The molecule has 5 heteroatoms. The van der Waals surface area contributed by atoms with Crippen LogP contribution in [0.2, 0.25) is 0 Å². The van der Waals surface area contributed by atoms with Crippen molar-refractivity contribution in [2.24, 2.45) is 11.7 Å². The summed E-state index contributed by atoms with van der Waals surface area (Å²) in [5.74, 6) is 0.961. The second kappa shape index (κ2) is 9.64. The Balaban J connectivity index is 1.89. The average molecular weight is 334 g/mol. The maximum Gasteiger partial charge on any atom is 0.223 e. The van der Waals surface area contributed by atoms with Crippen molar-refractivity contribution in [3.63, 3.8) is 0 Å². The molecule has 1 fully saturated rings. The molecular weight excluding hydrogens is 304 g/mol. The Labute approximate surface area is 144 Å². The van der Waals surface area contributed by atoms with Crippen LogP contribution in [0.5, 0.6) is 5.75 Å². The Bertz CT molecular complexity index is 533. The van der Waals surface area contributed by atoms with Crippen molar-refractivity contribution in [1.29, 1.82) is 0 Å². The minimum Gasteiger partial charge on any atom is -0.491 e. The molecule has 1 aliphatic rings. The molecule has 1 aromatic carbocycles. The molecule has 1 aliphatic carbocycles. The van der Waals surface area contributed by atoms with E-state index in [0.29, 0.717) is 26.4 Å². The minimum absolute atomic E-state index is 0.0431. The van der Waals surface area contributed by atoms with Crippen LogP contribution in [0.1, 0.15) is 43.7 Å². The summed E-state index contributed by atoms with van der Waals surface area (Å²) in [7, 11) is 0. The average Bonchev–Trinajstić information content (AvgIpc) is 2.57. The highest BCUT2D eigenvalue weighted by molar-refractivity contribution is 5.78. The van der Waals surface area contributed by atoms with Crippen LogP contribution in [-0.2, 0) is 16.1 Å². The van der Waals surface area contributed by atoms with Crippen molar-refractivity contribution in [2.45, 2.75) is 52.1 Å². The van der Waals surface area contributed by atoms with Crippen LogP contribution in [0.4, 0.5) is 0 Å². The number of rotatable bonds is 8. The van der Waals surface area contributed by atoms with E-state index in [-0.39, 0.29) is 17.9 Å². The van der Waals surface area contributed by atoms with E-state index in [1.807, 2.05) is 32.0 Å². The summed E-state index contributed by atoms with van der Waals surface area (Å²) in [4.78, 5) is 12.4. The van der Waals surface area contributed by atoms with Crippen LogP contribution < -0.4 is 15.8 Å². The van der Waals surface area contributed by atoms with E-state index in [0.717, 1.165) is 42.6 Å². The molecule has 2 atom stereocenters. The van der Waals surface area contributed by atoms with Gasteiger partial charge in [-0.25, -0.2) is 0 Å². The minimum atomic E-state index is 0.0431. The number of carbonyl (C=O) groups is 1. The lowest BCUT2D eigenvalue weighted by Gasteiger charge is -2.25. The standard InChI is InChI=1S/C19H30N2O3/c1-3-23-9-10-24-18-11-14(2)7-8-16(18)13-21-19(22)15-5-4-6-17(20)12-15/h7-8,11,15,17H,3-6,9-10,12-13,20H2,1-2H3,(H,21,22). The van der Waals surface area contributed by atoms with Crippen LogP contribution in [0.25, 0.3) is 0 Å².